The van der Waals surface area contributed by atoms with Gasteiger partial charge in [-0.1, -0.05) is 0 Å². The summed E-state index contributed by atoms with van der Waals surface area (Å²) in [5, 5.41) is 2.90. The standard InChI is InChI=1S/C8H11NO2/c10-8-7-4(3-9-8)5-1-2-6(7)11-5/h4-7H,1-3H2,(H,9,10)/t4-,5-,6+,7+/m1/s1. The minimum absolute atomic E-state index is 0.203. The molecule has 0 radical (unpaired) electrons. The maximum absolute atomic E-state index is 11.3. The molecular weight excluding hydrogens is 142 g/mol. The monoisotopic (exact) mass is 153 g/mol. The molecule has 3 nitrogen and oxygen atoms in total. The summed E-state index contributed by atoms with van der Waals surface area (Å²) in [6.07, 6.45) is 2.91. The van der Waals surface area contributed by atoms with Crippen molar-refractivity contribution in [2.24, 2.45) is 11.8 Å². The van der Waals surface area contributed by atoms with E-state index in [1.807, 2.05) is 0 Å². The molecule has 11 heavy (non-hydrogen) atoms. The zero-order valence-corrected chi connectivity index (χ0v) is 6.25. The first kappa shape index (κ1) is 6.00. The Labute approximate surface area is 65.1 Å². The number of hydrogen-bond acceptors (Lipinski definition) is 2. The molecule has 4 atom stereocenters. The molecule has 0 saturated carbocycles. The van der Waals surface area contributed by atoms with Crippen molar-refractivity contribution in [1.82, 2.24) is 5.32 Å². The number of ether oxygens (including phenoxy) is 1. The smallest absolute Gasteiger partial charge is 0.226 e. The molecule has 0 aromatic carbocycles. The largest absolute Gasteiger partial charge is 0.374 e. The lowest BCUT2D eigenvalue weighted by Gasteiger charge is -2.16. The number of rotatable bonds is 0. The van der Waals surface area contributed by atoms with Crippen LogP contribution in [0.1, 0.15) is 12.8 Å². The van der Waals surface area contributed by atoms with Crippen LogP contribution >= 0.6 is 0 Å². The van der Waals surface area contributed by atoms with Crippen LogP contribution in [-0.4, -0.2) is 24.7 Å². The summed E-state index contributed by atoms with van der Waals surface area (Å²) in [6.45, 7) is 0.852. The molecular formula is C8H11NO2. The van der Waals surface area contributed by atoms with Crippen molar-refractivity contribution in [3.8, 4) is 0 Å². The van der Waals surface area contributed by atoms with Gasteiger partial charge in [-0.3, -0.25) is 4.79 Å². The molecule has 2 bridgehead atoms. The van der Waals surface area contributed by atoms with E-state index in [9.17, 15) is 4.79 Å². The maximum Gasteiger partial charge on any atom is 0.226 e. The van der Waals surface area contributed by atoms with E-state index < -0.39 is 0 Å². The van der Waals surface area contributed by atoms with Gasteiger partial charge in [-0.15, -0.1) is 0 Å². The fourth-order valence-electron chi connectivity index (χ4n) is 2.73. The van der Waals surface area contributed by atoms with Gasteiger partial charge in [0, 0.05) is 12.5 Å². The fourth-order valence-corrected chi connectivity index (χ4v) is 2.73. The molecule has 0 aromatic heterocycles. The van der Waals surface area contributed by atoms with Gasteiger partial charge in [-0.05, 0) is 12.8 Å². The van der Waals surface area contributed by atoms with Crippen LogP contribution in [0.2, 0.25) is 0 Å². The summed E-state index contributed by atoms with van der Waals surface area (Å²) in [4.78, 5) is 11.3. The first-order valence-corrected chi connectivity index (χ1v) is 4.29. The van der Waals surface area contributed by atoms with Crippen LogP contribution in [0.15, 0.2) is 0 Å². The average Bonchev–Trinajstić information content (AvgIpc) is 2.60. The second-order valence-corrected chi connectivity index (χ2v) is 3.73. The Morgan fingerprint density at radius 3 is 3.00 bits per heavy atom. The quantitative estimate of drug-likeness (QED) is 0.528. The van der Waals surface area contributed by atoms with Crippen molar-refractivity contribution < 1.29 is 9.53 Å². The van der Waals surface area contributed by atoms with Gasteiger partial charge in [0.2, 0.25) is 5.91 Å². The lowest BCUT2D eigenvalue weighted by atomic mass is 9.81. The third-order valence-electron chi connectivity index (χ3n) is 3.24. The van der Waals surface area contributed by atoms with E-state index in [-0.39, 0.29) is 17.9 Å². The second kappa shape index (κ2) is 1.78. The summed E-state index contributed by atoms with van der Waals surface area (Å²) < 4.78 is 5.65. The Morgan fingerprint density at radius 2 is 2.18 bits per heavy atom. The summed E-state index contributed by atoms with van der Waals surface area (Å²) >= 11 is 0. The van der Waals surface area contributed by atoms with Gasteiger partial charge in [0.25, 0.3) is 0 Å². The lowest BCUT2D eigenvalue weighted by molar-refractivity contribution is -0.124. The molecule has 3 saturated heterocycles. The van der Waals surface area contributed by atoms with Crippen molar-refractivity contribution in [1.29, 1.82) is 0 Å². The molecule has 1 N–H and O–H groups in total. The van der Waals surface area contributed by atoms with Gasteiger partial charge in [0.05, 0.1) is 18.1 Å². The van der Waals surface area contributed by atoms with Crippen molar-refractivity contribution in [2.75, 3.05) is 6.54 Å². The topological polar surface area (TPSA) is 38.3 Å². The van der Waals surface area contributed by atoms with Gasteiger partial charge >= 0.3 is 0 Å². The summed E-state index contributed by atoms with van der Waals surface area (Å²) in [7, 11) is 0. The highest BCUT2D eigenvalue weighted by Gasteiger charge is 2.54. The number of carbonyl (C=O) groups is 1. The molecule has 0 spiro atoms. The molecule has 3 heteroatoms. The molecule has 0 aromatic rings. The van der Waals surface area contributed by atoms with Crippen LogP contribution in [0.5, 0.6) is 0 Å². The first-order valence-electron chi connectivity index (χ1n) is 4.29. The molecule has 1 amide bonds. The number of carbonyl (C=O) groups excluding carboxylic acids is 1. The Balaban J connectivity index is 1.97. The zero-order valence-electron chi connectivity index (χ0n) is 6.25. The van der Waals surface area contributed by atoms with E-state index in [1.54, 1.807) is 0 Å². The number of nitrogens with one attached hydrogen (secondary N) is 1. The summed E-state index contributed by atoms with van der Waals surface area (Å²) in [5.74, 6) is 0.928. The number of amides is 1. The predicted molar refractivity (Wildman–Crippen MR) is 37.9 cm³/mol. The maximum atomic E-state index is 11.3. The second-order valence-electron chi connectivity index (χ2n) is 3.73. The molecule has 3 aliphatic rings. The fraction of sp³-hybridized carbons (Fsp3) is 0.875. The van der Waals surface area contributed by atoms with Gasteiger partial charge in [0.1, 0.15) is 0 Å². The highest BCUT2D eigenvalue weighted by molar-refractivity contribution is 5.82. The molecule has 3 rings (SSSR count). The van der Waals surface area contributed by atoms with Crippen LogP contribution in [0.4, 0.5) is 0 Å². The van der Waals surface area contributed by atoms with Gasteiger partial charge < -0.3 is 10.1 Å². The zero-order chi connectivity index (χ0) is 7.42. The van der Waals surface area contributed by atoms with E-state index in [4.69, 9.17) is 4.74 Å². The Hall–Kier alpha value is -0.570. The van der Waals surface area contributed by atoms with Crippen molar-refractivity contribution in [3.63, 3.8) is 0 Å². The Bertz CT molecular complexity index is 216. The summed E-state index contributed by atoms with van der Waals surface area (Å²) in [6, 6.07) is 0. The van der Waals surface area contributed by atoms with E-state index in [2.05, 4.69) is 5.32 Å². The van der Waals surface area contributed by atoms with E-state index >= 15 is 0 Å². The van der Waals surface area contributed by atoms with E-state index in [0.717, 1.165) is 13.0 Å². The minimum atomic E-state index is 0.203. The highest BCUT2D eigenvalue weighted by atomic mass is 16.5. The van der Waals surface area contributed by atoms with Gasteiger partial charge in [0.15, 0.2) is 0 Å². The molecule has 60 valence electrons. The van der Waals surface area contributed by atoms with Crippen LogP contribution in [-0.2, 0) is 9.53 Å². The van der Waals surface area contributed by atoms with Gasteiger partial charge in [-0.2, -0.15) is 0 Å². The lowest BCUT2D eigenvalue weighted by Crippen LogP contribution is -2.28. The van der Waals surface area contributed by atoms with Crippen LogP contribution in [0.25, 0.3) is 0 Å². The molecule has 3 heterocycles. The van der Waals surface area contributed by atoms with Crippen molar-refractivity contribution >= 4 is 5.91 Å². The normalized spacial score (nSPS) is 52.9. The van der Waals surface area contributed by atoms with Crippen LogP contribution in [0, 0.1) is 11.8 Å². The summed E-state index contributed by atoms with van der Waals surface area (Å²) in [5.41, 5.74) is 0. The number of hydrogen-bond donors (Lipinski definition) is 1. The number of fused-ring (bicyclic) bond motifs is 5. The Kier molecular flexibility index (Phi) is 0.969. The molecule has 0 aliphatic carbocycles. The van der Waals surface area contributed by atoms with Crippen molar-refractivity contribution in [3.05, 3.63) is 0 Å². The first-order chi connectivity index (χ1) is 5.36. The minimum Gasteiger partial charge on any atom is -0.374 e. The van der Waals surface area contributed by atoms with Crippen LogP contribution < -0.4 is 5.32 Å². The van der Waals surface area contributed by atoms with E-state index in [0.29, 0.717) is 12.0 Å². The molecule has 3 fully saturated rings. The third kappa shape index (κ3) is 0.601. The SMILES string of the molecule is O=C1NC[C@H]2[C@H]1[C@@H]1CC[C@H]2O1. The van der Waals surface area contributed by atoms with Crippen molar-refractivity contribution in [2.45, 2.75) is 25.0 Å². The van der Waals surface area contributed by atoms with Crippen LogP contribution in [0.3, 0.4) is 0 Å². The van der Waals surface area contributed by atoms with Gasteiger partial charge in [-0.25, -0.2) is 0 Å². The Morgan fingerprint density at radius 1 is 1.36 bits per heavy atom. The van der Waals surface area contributed by atoms with E-state index in [1.165, 1.54) is 6.42 Å². The molecule has 0 unspecified atom stereocenters. The predicted octanol–water partition coefficient (Wildman–Crippen LogP) is -0.0902. The highest BCUT2D eigenvalue weighted by Crippen LogP contribution is 2.45. The molecule has 3 aliphatic heterocycles. The third-order valence-corrected chi connectivity index (χ3v) is 3.24. The average molecular weight is 153 g/mol.